The molecule has 2 aromatic carbocycles. The average molecular weight is 371 g/mol. The first kappa shape index (κ1) is 17.6. The Balaban J connectivity index is 1.80. The van der Waals surface area contributed by atoms with Crippen LogP contribution in [0.2, 0.25) is 5.02 Å². The second-order valence-electron chi connectivity index (χ2n) is 7.45. The van der Waals surface area contributed by atoms with E-state index >= 15 is 0 Å². The van der Waals surface area contributed by atoms with Crippen LogP contribution in [-0.4, -0.2) is 22.6 Å². The Hall–Kier alpha value is -1.84. The SMILES string of the molecule is CC1Cc2c(c3cc(Cl)ccc3n2CCc2cccc(F)c2)C(C)N1C. The van der Waals surface area contributed by atoms with Crippen LogP contribution in [0.3, 0.4) is 0 Å². The molecule has 2 heterocycles. The number of aromatic nitrogens is 1. The molecule has 0 N–H and O–H groups in total. The number of halogens is 2. The molecule has 0 bridgehead atoms. The Bertz CT molecular complexity index is 962. The van der Waals surface area contributed by atoms with E-state index in [1.807, 2.05) is 12.1 Å². The third-order valence-corrected chi connectivity index (χ3v) is 6.14. The highest BCUT2D eigenvalue weighted by Crippen LogP contribution is 2.40. The molecule has 26 heavy (non-hydrogen) atoms. The van der Waals surface area contributed by atoms with E-state index in [9.17, 15) is 4.39 Å². The molecule has 2 unspecified atom stereocenters. The molecule has 0 aliphatic carbocycles. The Kier molecular flexibility index (Phi) is 4.54. The van der Waals surface area contributed by atoms with Gasteiger partial charge in [0.05, 0.1) is 0 Å². The molecule has 2 atom stereocenters. The summed E-state index contributed by atoms with van der Waals surface area (Å²) in [5.41, 5.74) is 5.05. The van der Waals surface area contributed by atoms with E-state index in [1.165, 1.54) is 28.2 Å². The molecule has 2 nitrogen and oxygen atoms in total. The smallest absolute Gasteiger partial charge is 0.123 e. The summed E-state index contributed by atoms with van der Waals surface area (Å²) >= 11 is 6.31. The molecule has 0 saturated carbocycles. The normalized spacial score (nSPS) is 20.5. The summed E-state index contributed by atoms with van der Waals surface area (Å²) < 4.78 is 15.9. The lowest BCUT2D eigenvalue weighted by Crippen LogP contribution is -2.38. The van der Waals surface area contributed by atoms with Gasteiger partial charge in [0.25, 0.3) is 0 Å². The molecule has 4 rings (SSSR count). The molecule has 0 radical (unpaired) electrons. The van der Waals surface area contributed by atoms with Crippen LogP contribution in [0.15, 0.2) is 42.5 Å². The molecule has 0 fully saturated rings. The fourth-order valence-corrected chi connectivity index (χ4v) is 4.46. The van der Waals surface area contributed by atoms with E-state index in [0.717, 1.165) is 30.0 Å². The molecule has 0 saturated heterocycles. The number of hydrogen-bond donors (Lipinski definition) is 0. The van der Waals surface area contributed by atoms with Crippen LogP contribution in [0.4, 0.5) is 4.39 Å². The van der Waals surface area contributed by atoms with Crippen LogP contribution in [0.25, 0.3) is 10.9 Å². The van der Waals surface area contributed by atoms with Crippen LogP contribution in [-0.2, 0) is 19.4 Å². The molecule has 136 valence electrons. The van der Waals surface area contributed by atoms with Crippen molar-refractivity contribution < 1.29 is 4.39 Å². The Morgan fingerprint density at radius 3 is 2.73 bits per heavy atom. The van der Waals surface area contributed by atoms with Crippen molar-refractivity contribution in [3.63, 3.8) is 0 Å². The Labute approximate surface area is 159 Å². The van der Waals surface area contributed by atoms with Gasteiger partial charge in [0.1, 0.15) is 5.82 Å². The zero-order valence-corrected chi connectivity index (χ0v) is 16.2. The van der Waals surface area contributed by atoms with E-state index in [4.69, 9.17) is 11.6 Å². The van der Waals surface area contributed by atoms with Gasteiger partial charge in [0.2, 0.25) is 0 Å². The Morgan fingerprint density at radius 1 is 1.15 bits per heavy atom. The molecule has 0 spiro atoms. The number of aryl methyl sites for hydroxylation is 2. The quantitative estimate of drug-likeness (QED) is 0.581. The summed E-state index contributed by atoms with van der Waals surface area (Å²) in [5.74, 6) is -0.169. The molecular weight excluding hydrogens is 347 g/mol. The van der Waals surface area contributed by atoms with Crippen molar-refractivity contribution in [2.24, 2.45) is 0 Å². The maximum absolute atomic E-state index is 13.5. The number of fused-ring (bicyclic) bond motifs is 3. The first-order valence-electron chi connectivity index (χ1n) is 9.22. The van der Waals surface area contributed by atoms with Gasteiger partial charge in [-0.05, 0) is 68.8 Å². The first-order chi connectivity index (χ1) is 12.5. The highest BCUT2D eigenvalue weighted by Gasteiger charge is 2.31. The Morgan fingerprint density at radius 2 is 1.96 bits per heavy atom. The van der Waals surface area contributed by atoms with Crippen molar-refractivity contribution >= 4 is 22.5 Å². The summed E-state index contributed by atoms with van der Waals surface area (Å²) in [4.78, 5) is 2.43. The summed E-state index contributed by atoms with van der Waals surface area (Å²) in [5, 5.41) is 2.02. The van der Waals surface area contributed by atoms with Gasteiger partial charge in [-0.3, -0.25) is 4.90 Å². The number of rotatable bonds is 3. The number of hydrogen-bond acceptors (Lipinski definition) is 1. The van der Waals surface area contributed by atoms with Gasteiger partial charge in [0, 0.05) is 46.7 Å². The van der Waals surface area contributed by atoms with Gasteiger partial charge in [-0.2, -0.15) is 0 Å². The van der Waals surface area contributed by atoms with Gasteiger partial charge in [-0.15, -0.1) is 0 Å². The number of likely N-dealkylation sites (N-methyl/N-ethyl adjacent to an activating group) is 1. The number of benzene rings is 2. The molecule has 4 heteroatoms. The minimum atomic E-state index is -0.169. The largest absolute Gasteiger partial charge is 0.344 e. The van der Waals surface area contributed by atoms with Crippen molar-refractivity contribution in [2.75, 3.05) is 7.05 Å². The maximum atomic E-state index is 13.5. The zero-order valence-electron chi connectivity index (χ0n) is 15.5. The van der Waals surface area contributed by atoms with Gasteiger partial charge in [0.15, 0.2) is 0 Å². The molecule has 1 aliphatic rings. The summed E-state index contributed by atoms with van der Waals surface area (Å²) in [7, 11) is 2.19. The van der Waals surface area contributed by atoms with Crippen LogP contribution in [0.5, 0.6) is 0 Å². The van der Waals surface area contributed by atoms with Crippen molar-refractivity contribution in [2.45, 2.75) is 45.3 Å². The van der Waals surface area contributed by atoms with Crippen LogP contribution >= 0.6 is 11.6 Å². The lowest BCUT2D eigenvalue weighted by molar-refractivity contribution is 0.177. The highest BCUT2D eigenvalue weighted by atomic mass is 35.5. The van der Waals surface area contributed by atoms with E-state index in [1.54, 1.807) is 12.1 Å². The second-order valence-corrected chi connectivity index (χ2v) is 7.88. The van der Waals surface area contributed by atoms with Gasteiger partial charge in [-0.25, -0.2) is 4.39 Å². The van der Waals surface area contributed by atoms with Crippen molar-refractivity contribution in [3.8, 4) is 0 Å². The minimum absolute atomic E-state index is 0.169. The standard InChI is InChI=1S/C22H24ClFN2/c1-14-11-21-22(15(2)25(14)3)19-13-17(23)7-8-20(19)26(21)10-9-16-5-4-6-18(24)12-16/h4-8,12-15H,9-11H2,1-3H3. The topological polar surface area (TPSA) is 8.17 Å². The zero-order chi connectivity index (χ0) is 18.4. The van der Waals surface area contributed by atoms with Crippen LogP contribution in [0.1, 0.15) is 36.7 Å². The lowest BCUT2D eigenvalue weighted by Gasteiger charge is -2.37. The van der Waals surface area contributed by atoms with Crippen molar-refractivity contribution in [1.82, 2.24) is 9.47 Å². The molecule has 1 aromatic heterocycles. The second kappa shape index (κ2) is 6.71. The monoisotopic (exact) mass is 370 g/mol. The predicted molar refractivity (Wildman–Crippen MR) is 106 cm³/mol. The van der Waals surface area contributed by atoms with E-state index in [2.05, 4.69) is 42.5 Å². The molecular formula is C22H24ClFN2. The summed E-state index contributed by atoms with van der Waals surface area (Å²) in [6, 6.07) is 13.9. The van der Waals surface area contributed by atoms with Crippen LogP contribution < -0.4 is 0 Å². The fraction of sp³-hybridized carbons (Fsp3) is 0.364. The predicted octanol–water partition coefficient (Wildman–Crippen LogP) is 5.61. The van der Waals surface area contributed by atoms with Gasteiger partial charge in [-0.1, -0.05) is 23.7 Å². The average Bonchev–Trinajstić information content (AvgIpc) is 2.90. The maximum Gasteiger partial charge on any atom is 0.123 e. The molecule has 1 aliphatic heterocycles. The van der Waals surface area contributed by atoms with Gasteiger partial charge >= 0.3 is 0 Å². The minimum Gasteiger partial charge on any atom is -0.344 e. The molecule has 3 aromatic rings. The van der Waals surface area contributed by atoms with Crippen molar-refractivity contribution in [1.29, 1.82) is 0 Å². The highest BCUT2D eigenvalue weighted by molar-refractivity contribution is 6.31. The third-order valence-electron chi connectivity index (χ3n) is 5.90. The first-order valence-corrected chi connectivity index (χ1v) is 9.60. The van der Waals surface area contributed by atoms with Gasteiger partial charge < -0.3 is 4.57 Å². The summed E-state index contributed by atoms with van der Waals surface area (Å²) in [6.07, 6.45) is 1.83. The van der Waals surface area contributed by atoms with E-state index in [0.29, 0.717) is 12.1 Å². The number of nitrogens with zero attached hydrogens (tertiary/aromatic N) is 2. The molecule has 0 amide bonds. The van der Waals surface area contributed by atoms with E-state index in [-0.39, 0.29) is 5.82 Å². The summed E-state index contributed by atoms with van der Waals surface area (Å²) in [6.45, 7) is 5.40. The van der Waals surface area contributed by atoms with Crippen LogP contribution in [0, 0.1) is 5.82 Å². The lowest BCUT2D eigenvalue weighted by atomic mass is 9.93. The fourth-order valence-electron chi connectivity index (χ4n) is 4.29. The third kappa shape index (κ3) is 2.93. The van der Waals surface area contributed by atoms with Crippen molar-refractivity contribution in [3.05, 3.63) is 70.1 Å². The van der Waals surface area contributed by atoms with E-state index < -0.39 is 0 Å².